The first-order chi connectivity index (χ1) is 8.58. The Morgan fingerprint density at radius 1 is 1.22 bits per heavy atom. The Kier molecular flexibility index (Phi) is 3.99. The zero-order valence-electron chi connectivity index (χ0n) is 9.08. The third-order valence-electron chi connectivity index (χ3n) is 2.30. The lowest BCUT2D eigenvalue weighted by molar-refractivity contribution is 0.102. The molecule has 0 aliphatic heterocycles. The lowest BCUT2D eigenvalue weighted by atomic mass is 10.2. The third-order valence-corrected chi connectivity index (χ3v) is 3.27. The summed E-state index contributed by atoms with van der Waals surface area (Å²) in [6.45, 7) is 0. The number of amides is 1. The monoisotopic (exact) mass is 327 g/mol. The topological polar surface area (TPSA) is 29.1 Å². The molecule has 2 nitrogen and oxygen atoms in total. The minimum Gasteiger partial charge on any atom is -0.322 e. The van der Waals surface area contributed by atoms with E-state index in [1.807, 2.05) is 0 Å². The zero-order chi connectivity index (χ0) is 13.1. The lowest BCUT2D eigenvalue weighted by Gasteiger charge is -2.07. The summed E-state index contributed by atoms with van der Waals surface area (Å²) in [4.78, 5) is 11.9. The molecular formula is C13H8BrClFNO. The zero-order valence-corrected chi connectivity index (χ0v) is 11.4. The Balaban J connectivity index is 2.22. The van der Waals surface area contributed by atoms with Gasteiger partial charge in [-0.1, -0.05) is 23.7 Å². The van der Waals surface area contributed by atoms with Crippen LogP contribution in [0, 0.1) is 5.82 Å². The molecule has 2 rings (SSSR count). The van der Waals surface area contributed by atoms with Gasteiger partial charge in [0.2, 0.25) is 0 Å². The fourth-order valence-corrected chi connectivity index (χ4v) is 1.89. The van der Waals surface area contributed by atoms with Gasteiger partial charge in [-0.2, -0.15) is 0 Å². The van der Waals surface area contributed by atoms with Gasteiger partial charge in [0.05, 0.1) is 15.1 Å². The van der Waals surface area contributed by atoms with E-state index in [-0.39, 0.29) is 5.91 Å². The summed E-state index contributed by atoms with van der Waals surface area (Å²) >= 11 is 8.94. The molecule has 0 aliphatic rings. The van der Waals surface area contributed by atoms with Crippen molar-refractivity contribution in [3.8, 4) is 0 Å². The van der Waals surface area contributed by atoms with Crippen molar-refractivity contribution in [2.75, 3.05) is 5.32 Å². The summed E-state index contributed by atoms with van der Waals surface area (Å²) < 4.78 is 13.6. The van der Waals surface area contributed by atoms with Crippen LogP contribution in [0.15, 0.2) is 46.9 Å². The molecular weight excluding hydrogens is 321 g/mol. The largest absolute Gasteiger partial charge is 0.322 e. The van der Waals surface area contributed by atoms with E-state index in [0.29, 0.717) is 20.7 Å². The van der Waals surface area contributed by atoms with Crippen LogP contribution in [0.25, 0.3) is 0 Å². The molecule has 0 fully saturated rings. The number of anilines is 1. The highest BCUT2D eigenvalue weighted by molar-refractivity contribution is 9.10. The van der Waals surface area contributed by atoms with Crippen molar-refractivity contribution in [2.24, 2.45) is 0 Å². The van der Waals surface area contributed by atoms with Gasteiger partial charge in [-0.3, -0.25) is 4.79 Å². The maximum atomic E-state index is 13.3. The molecule has 0 saturated carbocycles. The smallest absolute Gasteiger partial charge is 0.257 e. The van der Waals surface area contributed by atoms with Gasteiger partial charge in [-0.25, -0.2) is 4.39 Å². The minimum absolute atomic E-state index is 0.346. The predicted molar refractivity (Wildman–Crippen MR) is 73.5 cm³/mol. The quantitative estimate of drug-likeness (QED) is 0.864. The molecule has 0 aliphatic carbocycles. The van der Waals surface area contributed by atoms with E-state index in [0.717, 1.165) is 0 Å². The van der Waals surface area contributed by atoms with Crippen molar-refractivity contribution >= 4 is 39.1 Å². The van der Waals surface area contributed by atoms with Crippen LogP contribution < -0.4 is 5.32 Å². The summed E-state index contributed by atoms with van der Waals surface area (Å²) in [5.74, 6) is -0.811. The van der Waals surface area contributed by atoms with Crippen molar-refractivity contribution in [1.82, 2.24) is 0 Å². The standard InChI is InChI=1S/C13H8BrClFNO/c14-10-6-5-8(7-12(10)16)17-13(18)9-3-1-2-4-11(9)15/h1-7H,(H,17,18). The molecule has 0 heterocycles. The number of hydrogen-bond acceptors (Lipinski definition) is 1. The average molecular weight is 329 g/mol. The summed E-state index contributed by atoms with van der Waals surface area (Å²) in [7, 11) is 0. The number of hydrogen-bond donors (Lipinski definition) is 1. The van der Waals surface area contributed by atoms with Gasteiger partial charge in [0, 0.05) is 5.69 Å². The van der Waals surface area contributed by atoms with E-state index in [4.69, 9.17) is 11.6 Å². The van der Waals surface area contributed by atoms with E-state index in [9.17, 15) is 9.18 Å². The van der Waals surface area contributed by atoms with Crippen molar-refractivity contribution in [2.45, 2.75) is 0 Å². The fraction of sp³-hybridized carbons (Fsp3) is 0. The second kappa shape index (κ2) is 5.50. The molecule has 0 unspecified atom stereocenters. The summed E-state index contributed by atoms with van der Waals surface area (Å²) in [6, 6.07) is 11.0. The number of carbonyl (C=O) groups excluding carboxylic acids is 1. The van der Waals surface area contributed by atoms with E-state index < -0.39 is 5.82 Å². The van der Waals surface area contributed by atoms with Crippen LogP contribution in [0.3, 0.4) is 0 Å². The Labute approximate surface area is 117 Å². The first-order valence-corrected chi connectivity index (χ1v) is 6.26. The number of halogens is 3. The first-order valence-electron chi connectivity index (χ1n) is 5.09. The second-order valence-electron chi connectivity index (χ2n) is 3.56. The van der Waals surface area contributed by atoms with E-state index in [1.54, 1.807) is 30.3 Å². The molecule has 0 aromatic heterocycles. The van der Waals surface area contributed by atoms with Crippen LogP contribution in [0.1, 0.15) is 10.4 Å². The van der Waals surface area contributed by atoms with Crippen LogP contribution in [0.4, 0.5) is 10.1 Å². The first kappa shape index (κ1) is 13.1. The van der Waals surface area contributed by atoms with Gasteiger partial charge in [0.25, 0.3) is 5.91 Å². The molecule has 2 aromatic carbocycles. The minimum atomic E-state index is -0.438. The van der Waals surface area contributed by atoms with Gasteiger partial charge in [-0.05, 0) is 46.3 Å². The Morgan fingerprint density at radius 3 is 2.61 bits per heavy atom. The molecule has 1 amide bonds. The van der Waals surface area contributed by atoms with Crippen molar-refractivity contribution in [1.29, 1.82) is 0 Å². The highest BCUT2D eigenvalue weighted by Gasteiger charge is 2.10. The molecule has 1 N–H and O–H groups in total. The highest BCUT2D eigenvalue weighted by atomic mass is 79.9. The Bertz CT molecular complexity index is 603. The van der Waals surface area contributed by atoms with Gasteiger partial charge in [-0.15, -0.1) is 0 Å². The van der Waals surface area contributed by atoms with Gasteiger partial charge < -0.3 is 5.32 Å². The van der Waals surface area contributed by atoms with E-state index in [2.05, 4.69) is 21.2 Å². The molecule has 0 atom stereocenters. The third kappa shape index (κ3) is 2.89. The lowest BCUT2D eigenvalue weighted by Crippen LogP contribution is -2.12. The number of carbonyl (C=O) groups is 1. The second-order valence-corrected chi connectivity index (χ2v) is 4.82. The molecule has 5 heteroatoms. The van der Waals surface area contributed by atoms with Crippen LogP contribution in [0.2, 0.25) is 5.02 Å². The average Bonchev–Trinajstić information content (AvgIpc) is 2.34. The van der Waals surface area contributed by atoms with E-state index >= 15 is 0 Å². The van der Waals surface area contributed by atoms with Gasteiger partial charge in [0.1, 0.15) is 5.82 Å². The number of benzene rings is 2. The summed E-state index contributed by atoms with van der Waals surface area (Å²) in [5, 5.41) is 2.94. The molecule has 0 spiro atoms. The summed E-state index contributed by atoms with van der Waals surface area (Å²) in [5.41, 5.74) is 0.725. The predicted octanol–water partition coefficient (Wildman–Crippen LogP) is 4.49. The van der Waals surface area contributed by atoms with Crippen molar-refractivity contribution in [3.63, 3.8) is 0 Å². The van der Waals surface area contributed by atoms with E-state index in [1.165, 1.54) is 12.1 Å². The number of nitrogens with one attached hydrogen (secondary N) is 1. The SMILES string of the molecule is O=C(Nc1ccc(Br)c(F)c1)c1ccccc1Cl. The van der Waals surface area contributed by atoms with Crippen LogP contribution >= 0.6 is 27.5 Å². The molecule has 0 bridgehead atoms. The van der Waals surface area contributed by atoms with Crippen molar-refractivity contribution in [3.05, 3.63) is 63.3 Å². The Hall–Kier alpha value is -1.39. The van der Waals surface area contributed by atoms with Crippen molar-refractivity contribution < 1.29 is 9.18 Å². The van der Waals surface area contributed by atoms with Crippen LogP contribution in [-0.2, 0) is 0 Å². The maximum Gasteiger partial charge on any atom is 0.257 e. The normalized spacial score (nSPS) is 10.2. The molecule has 0 radical (unpaired) electrons. The Morgan fingerprint density at radius 2 is 1.94 bits per heavy atom. The van der Waals surface area contributed by atoms with Gasteiger partial charge in [0.15, 0.2) is 0 Å². The maximum absolute atomic E-state index is 13.3. The summed E-state index contributed by atoms with van der Waals surface area (Å²) in [6.07, 6.45) is 0. The highest BCUT2D eigenvalue weighted by Crippen LogP contribution is 2.21. The van der Waals surface area contributed by atoms with Crippen LogP contribution in [-0.4, -0.2) is 5.91 Å². The van der Waals surface area contributed by atoms with Crippen LogP contribution in [0.5, 0.6) is 0 Å². The molecule has 92 valence electrons. The molecule has 18 heavy (non-hydrogen) atoms. The molecule has 0 saturated heterocycles. The fourth-order valence-electron chi connectivity index (χ4n) is 1.42. The molecule has 2 aromatic rings. The number of rotatable bonds is 2. The van der Waals surface area contributed by atoms with Gasteiger partial charge >= 0.3 is 0 Å².